The number of H-pyrrole nitrogens is 1. The fraction of sp³-hybridized carbons (Fsp3) is 0.304. The van der Waals surface area contributed by atoms with Crippen LogP contribution in [0.3, 0.4) is 0 Å². The minimum atomic E-state index is -0.657. The Kier molecular flexibility index (Phi) is 5.83. The molecule has 2 aromatic carbocycles. The van der Waals surface area contributed by atoms with Gasteiger partial charge in [0.05, 0.1) is 0 Å². The number of aromatic amines is 1. The van der Waals surface area contributed by atoms with Crippen LogP contribution in [0.15, 0.2) is 48.7 Å². The zero-order valence-corrected chi connectivity index (χ0v) is 16.8. The van der Waals surface area contributed by atoms with E-state index in [-0.39, 0.29) is 17.7 Å². The molecule has 0 aliphatic carbocycles. The highest BCUT2D eigenvalue weighted by molar-refractivity contribution is 5.98. The molecule has 0 fully saturated rings. The molecule has 1 aromatic heterocycles. The standard InChI is InChI=1S/C23H27N3O2/c1-14(2)22(27)26-21(12-17-13-24-20-8-6-5-7-19(17)20)23(28)25-18-10-9-15(3)16(4)11-18/h5-11,13-14,21,24H,12H2,1-4H3,(H,25,28)(H,26,27). The summed E-state index contributed by atoms with van der Waals surface area (Å²) in [7, 11) is 0. The average Bonchev–Trinajstić information content (AvgIpc) is 3.07. The van der Waals surface area contributed by atoms with Crippen molar-refractivity contribution in [3.05, 3.63) is 65.4 Å². The van der Waals surface area contributed by atoms with Gasteiger partial charge < -0.3 is 15.6 Å². The summed E-state index contributed by atoms with van der Waals surface area (Å²) in [5, 5.41) is 6.91. The topological polar surface area (TPSA) is 74.0 Å². The lowest BCUT2D eigenvalue weighted by molar-refractivity contribution is -0.128. The van der Waals surface area contributed by atoms with Crippen LogP contribution in [0.5, 0.6) is 0 Å². The van der Waals surface area contributed by atoms with Gasteiger partial charge in [-0.3, -0.25) is 9.59 Å². The second-order valence-electron chi connectivity index (χ2n) is 7.57. The van der Waals surface area contributed by atoms with Crippen molar-refractivity contribution in [3.63, 3.8) is 0 Å². The maximum absolute atomic E-state index is 13.0. The summed E-state index contributed by atoms with van der Waals surface area (Å²) >= 11 is 0. The highest BCUT2D eigenvalue weighted by atomic mass is 16.2. The zero-order chi connectivity index (χ0) is 20.3. The van der Waals surface area contributed by atoms with E-state index in [2.05, 4.69) is 15.6 Å². The van der Waals surface area contributed by atoms with Gasteiger partial charge in [0.25, 0.3) is 0 Å². The van der Waals surface area contributed by atoms with Crippen molar-refractivity contribution in [1.82, 2.24) is 10.3 Å². The molecule has 3 N–H and O–H groups in total. The molecular weight excluding hydrogens is 350 g/mol. The van der Waals surface area contributed by atoms with Crippen LogP contribution >= 0.6 is 0 Å². The Bertz CT molecular complexity index is 1000. The van der Waals surface area contributed by atoms with Crippen LogP contribution in [0, 0.1) is 19.8 Å². The first-order valence-corrected chi connectivity index (χ1v) is 9.58. The van der Waals surface area contributed by atoms with Crippen LogP contribution in [0.25, 0.3) is 10.9 Å². The number of hydrogen-bond donors (Lipinski definition) is 3. The first kappa shape index (κ1) is 19.7. The summed E-state index contributed by atoms with van der Waals surface area (Å²) in [5.41, 5.74) is 5.02. The lowest BCUT2D eigenvalue weighted by Crippen LogP contribution is -2.46. The Balaban J connectivity index is 1.84. The number of amides is 2. The van der Waals surface area contributed by atoms with Crippen LogP contribution in [0.1, 0.15) is 30.5 Å². The number of aromatic nitrogens is 1. The average molecular weight is 377 g/mol. The van der Waals surface area contributed by atoms with Crippen molar-refractivity contribution in [2.45, 2.75) is 40.2 Å². The van der Waals surface area contributed by atoms with E-state index >= 15 is 0 Å². The molecule has 146 valence electrons. The summed E-state index contributed by atoms with van der Waals surface area (Å²) in [6, 6.07) is 13.1. The normalized spacial score (nSPS) is 12.2. The predicted molar refractivity (Wildman–Crippen MR) is 113 cm³/mol. The SMILES string of the molecule is Cc1ccc(NC(=O)C(Cc2c[nH]c3ccccc23)NC(=O)C(C)C)cc1C. The van der Waals surface area contributed by atoms with Gasteiger partial charge in [-0.1, -0.05) is 38.1 Å². The monoisotopic (exact) mass is 377 g/mol. The molecule has 3 rings (SSSR count). The fourth-order valence-electron chi connectivity index (χ4n) is 3.12. The van der Waals surface area contributed by atoms with E-state index in [0.29, 0.717) is 6.42 Å². The molecule has 5 heteroatoms. The molecule has 1 unspecified atom stereocenters. The molecule has 5 nitrogen and oxygen atoms in total. The van der Waals surface area contributed by atoms with E-state index in [1.807, 2.05) is 76.4 Å². The first-order valence-electron chi connectivity index (χ1n) is 9.58. The lowest BCUT2D eigenvalue weighted by Gasteiger charge is -2.20. The summed E-state index contributed by atoms with van der Waals surface area (Å²) in [5.74, 6) is -0.553. The molecule has 3 aromatic rings. The third-order valence-corrected chi connectivity index (χ3v) is 5.03. The van der Waals surface area contributed by atoms with Crippen LogP contribution in [0.4, 0.5) is 5.69 Å². The van der Waals surface area contributed by atoms with Crippen LogP contribution < -0.4 is 10.6 Å². The number of fused-ring (bicyclic) bond motifs is 1. The number of rotatable bonds is 6. The smallest absolute Gasteiger partial charge is 0.247 e. The van der Waals surface area contributed by atoms with Gasteiger partial charge in [0, 0.05) is 35.1 Å². The number of benzene rings is 2. The van der Waals surface area contributed by atoms with Crippen molar-refractivity contribution in [2.75, 3.05) is 5.32 Å². The Morgan fingerprint density at radius 3 is 2.46 bits per heavy atom. The Hall–Kier alpha value is -3.08. The predicted octanol–water partition coefficient (Wildman–Crippen LogP) is 4.11. The van der Waals surface area contributed by atoms with E-state index in [9.17, 15) is 9.59 Å². The number of carbonyl (C=O) groups excluding carboxylic acids is 2. The quantitative estimate of drug-likeness (QED) is 0.605. The second-order valence-corrected chi connectivity index (χ2v) is 7.57. The highest BCUT2D eigenvalue weighted by Crippen LogP contribution is 2.20. The zero-order valence-electron chi connectivity index (χ0n) is 16.8. The van der Waals surface area contributed by atoms with Crippen molar-refractivity contribution >= 4 is 28.4 Å². The summed E-state index contributed by atoms with van der Waals surface area (Å²) in [6.45, 7) is 7.68. The maximum atomic E-state index is 13.0. The molecule has 0 aliphatic rings. The summed E-state index contributed by atoms with van der Waals surface area (Å²) in [6.07, 6.45) is 2.32. The van der Waals surface area contributed by atoms with E-state index in [1.165, 1.54) is 5.56 Å². The minimum Gasteiger partial charge on any atom is -0.361 e. The number of hydrogen-bond acceptors (Lipinski definition) is 2. The van der Waals surface area contributed by atoms with Gasteiger partial charge in [0.2, 0.25) is 11.8 Å². The molecular formula is C23H27N3O2. The Morgan fingerprint density at radius 2 is 1.75 bits per heavy atom. The van der Waals surface area contributed by atoms with Crippen molar-refractivity contribution < 1.29 is 9.59 Å². The van der Waals surface area contributed by atoms with Crippen molar-refractivity contribution in [2.24, 2.45) is 5.92 Å². The van der Waals surface area contributed by atoms with Gasteiger partial charge in [0.15, 0.2) is 0 Å². The summed E-state index contributed by atoms with van der Waals surface area (Å²) < 4.78 is 0. The molecule has 0 aliphatic heterocycles. The van der Waals surface area contributed by atoms with Gasteiger partial charge in [-0.05, 0) is 48.7 Å². The minimum absolute atomic E-state index is 0.139. The molecule has 0 saturated heterocycles. The maximum Gasteiger partial charge on any atom is 0.247 e. The highest BCUT2D eigenvalue weighted by Gasteiger charge is 2.24. The summed E-state index contributed by atoms with van der Waals surface area (Å²) in [4.78, 5) is 28.5. The number of para-hydroxylation sites is 1. The van der Waals surface area contributed by atoms with Crippen molar-refractivity contribution in [1.29, 1.82) is 0 Å². The van der Waals surface area contributed by atoms with E-state index in [0.717, 1.165) is 27.7 Å². The molecule has 0 bridgehead atoms. The molecule has 1 heterocycles. The van der Waals surface area contributed by atoms with Gasteiger partial charge in [-0.25, -0.2) is 0 Å². The van der Waals surface area contributed by atoms with Gasteiger partial charge in [0.1, 0.15) is 6.04 Å². The van der Waals surface area contributed by atoms with Gasteiger partial charge >= 0.3 is 0 Å². The third-order valence-electron chi connectivity index (χ3n) is 5.03. The molecule has 0 spiro atoms. The Labute approximate surface area is 165 Å². The first-order chi connectivity index (χ1) is 13.3. The second kappa shape index (κ2) is 8.30. The lowest BCUT2D eigenvalue weighted by atomic mass is 10.0. The molecule has 0 saturated carbocycles. The molecule has 2 amide bonds. The molecule has 28 heavy (non-hydrogen) atoms. The molecule has 1 atom stereocenters. The van der Waals surface area contributed by atoms with Gasteiger partial charge in [-0.15, -0.1) is 0 Å². The van der Waals surface area contributed by atoms with Crippen LogP contribution in [-0.2, 0) is 16.0 Å². The third kappa shape index (κ3) is 4.42. The number of carbonyl (C=O) groups is 2. The number of anilines is 1. The number of aryl methyl sites for hydroxylation is 2. The van der Waals surface area contributed by atoms with E-state index < -0.39 is 6.04 Å². The van der Waals surface area contributed by atoms with E-state index in [1.54, 1.807) is 0 Å². The largest absolute Gasteiger partial charge is 0.361 e. The van der Waals surface area contributed by atoms with Gasteiger partial charge in [-0.2, -0.15) is 0 Å². The fourth-order valence-corrected chi connectivity index (χ4v) is 3.12. The molecule has 0 radical (unpaired) electrons. The van der Waals surface area contributed by atoms with Crippen molar-refractivity contribution in [3.8, 4) is 0 Å². The van der Waals surface area contributed by atoms with Crippen LogP contribution in [0.2, 0.25) is 0 Å². The Morgan fingerprint density at radius 1 is 1.00 bits per heavy atom. The number of nitrogens with one attached hydrogen (secondary N) is 3. The van der Waals surface area contributed by atoms with Crippen LogP contribution in [-0.4, -0.2) is 22.8 Å². The van der Waals surface area contributed by atoms with E-state index in [4.69, 9.17) is 0 Å².